The highest BCUT2D eigenvalue weighted by molar-refractivity contribution is 14.0. The molecule has 27 heavy (non-hydrogen) atoms. The molecule has 0 aromatic heterocycles. The maximum absolute atomic E-state index is 13.8. The minimum absolute atomic E-state index is 0. The second kappa shape index (κ2) is 13.3. The summed E-state index contributed by atoms with van der Waals surface area (Å²) in [4.78, 5) is 9.39. The highest BCUT2D eigenvalue weighted by Gasteiger charge is 2.23. The number of aliphatic imine (C=N–C) groups is 1. The number of benzene rings is 1. The monoisotopic (exact) mass is 492 g/mol. The first kappa shape index (κ1) is 24.1. The van der Waals surface area contributed by atoms with E-state index in [1.54, 1.807) is 12.1 Å². The second-order valence-corrected chi connectivity index (χ2v) is 6.69. The number of rotatable bonds is 8. The van der Waals surface area contributed by atoms with Crippen LogP contribution in [0.25, 0.3) is 0 Å². The van der Waals surface area contributed by atoms with Crippen LogP contribution in [0.15, 0.2) is 29.3 Å². The summed E-state index contributed by atoms with van der Waals surface area (Å²) >= 11 is 0. The van der Waals surface area contributed by atoms with Crippen LogP contribution in [0.2, 0.25) is 0 Å². The van der Waals surface area contributed by atoms with E-state index < -0.39 is 0 Å². The molecule has 154 valence electrons. The van der Waals surface area contributed by atoms with Crippen molar-refractivity contribution >= 4 is 29.9 Å². The van der Waals surface area contributed by atoms with Crippen LogP contribution in [-0.4, -0.2) is 68.7 Å². The van der Waals surface area contributed by atoms with Gasteiger partial charge in [0.2, 0.25) is 0 Å². The molecule has 1 saturated heterocycles. The quantitative estimate of drug-likeness (QED) is 0.343. The maximum Gasteiger partial charge on any atom is 0.193 e. The van der Waals surface area contributed by atoms with Crippen LogP contribution in [0.3, 0.4) is 0 Å². The fraction of sp³-hybridized carbons (Fsp3) is 0.650. The van der Waals surface area contributed by atoms with Crippen LogP contribution in [-0.2, 0) is 4.74 Å². The Labute approximate surface area is 180 Å². The second-order valence-electron chi connectivity index (χ2n) is 6.69. The molecular formula is C20H34FIN4O. The molecule has 0 amide bonds. The molecule has 2 rings (SSSR count). The van der Waals surface area contributed by atoms with Crippen LogP contribution >= 0.6 is 24.0 Å². The van der Waals surface area contributed by atoms with Gasteiger partial charge >= 0.3 is 0 Å². The Hall–Kier alpha value is -0.930. The predicted molar refractivity (Wildman–Crippen MR) is 120 cm³/mol. The number of nitrogens with zero attached hydrogens (tertiary/aromatic N) is 3. The first-order chi connectivity index (χ1) is 12.7. The third-order valence-corrected chi connectivity index (χ3v) is 4.68. The average Bonchev–Trinajstić information content (AvgIpc) is 2.66. The van der Waals surface area contributed by atoms with Gasteiger partial charge in [0.25, 0.3) is 0 Å². The summed E-state index contributed by atoms with van der Waals surface area (Å²) in [5.74, 6) is 0.715. The Balaban J connectivity index is 0.00000364. The molecule has 0 saturated carbocycles. The fourth-order valence-corrected chi connectivity index (χ4v) is 3.18. The molecule has 1 atom stereocenters. The number of morpholine rings is 1. The van der Waals surface area contributed by atoms with Gasteiger partial charge in [-0.2, -0.15) is 0 Å². The molecule has 1 fully saturated rings. The first-order valence-corrected chi connectivity index (χ1v) is 9.72. The van der Waals surface area contributed by atoms with E-state index in [4.69, 9.17) is 9.73 Å². The number of halogens is 2. The van der Waals surface area contributed by atoms with E-state index in [1.807, 2.05) is 6.07 Å². The Morgan fingerprint density at radius 2 is 2.07 bits per heavy atom. The van der Waals surface area contributed by atoms with Crippen LogP contribution in [0.4, 0.5) is 4.39 Å². The van der Waals surface area contributed by atoms with Crippen molar-refractivity contribution in [2.24, 2.45) is 4.99 Å². The molecule has 5 nitrogen and oxygen atoms in total. The van der Waals surface area contributed by atoms with Gasteiger partial charge in [0.05, 0.1) is 25.8 Å². The van der Waals surface area contributed by atoms with E-state index in [-0.39, 0.29) is 35.8 Å². The maximum atomic E-state index is 13.8. The van der Waals surface area contributed by atoms with Gasteiger partial charge in [-0.1, -0.05) is 25.5 Å². The minimum Gasteiger partial charge on any atom is -0.379 e. The Morgan fingerprint density at radius 3 is 2.70 bits per heavy atom. The summed E-state index contributed by atoms with van der Waals surface area (Å²) in [6.45, 7) is 9.80. The standard InChI is InChI=1S/C20H33FN4O.HI/c1-4-6-10-24(3)20(22-5-2)23-16-19(25-11-13-26-14-12-25)17-8-7-9-18(21)15-17;/h7-9,15,19H,4-6,10-14,16H2,1-3H3,(H,22,23);1H. The Kier molecular flexibility index (Phi) is 11.9. The minimum atomic E-state index is -0.197. The van der Waals surface area contributed by atoms with Gasteiger partial charge < -0.3 is 15.0 Å². The van der Waals surface area contributed by atoms with E-state index in [0.717, 1.165) is 50.5 Å². The Bertz CT molecular complexity index is 567. The van der Waals surface area contributed by atoms with Crippen molar-refractivity contribution in [2.45, 2.75) is 32.7 Å². The summed E-state index contributed by atoms with van der Waals surface area (Å²) in [6.07, 6.45) is 2.29. The van der Waals surface area contributed by atoms with Crippen molar-refractivity contribution in [2.75, 3.05) is 53.0 Å². The molecule has 0 radical (unpaired) electrons. The largest absolute Gasteiger partial charge is 0.379 e. The van der Waals surface area contributed by atoms with Crippen LogP contribution in [0, 0.1) is 5.82 Å². The topological polar surface area (TPSA) is 40.1 Å². The molecule has 0 bridgehead atoms. The Morgan fingerprint density at radius 1 is 1.33 bits per heavy atom. The van der Waals surface area contributed by atoms with Crippen molar-refractivity contribution in [3.63, 3.8) is 0 Å². The molecule has 1 aliphatic rings. The summed E-state index contributed by atoms with van der Waals surface area (Å²) in [6, 6.07) is 6.95. The predicted octanol–water partition coefficient (Wildman–Crippen LogP) is 3.51. The number of hydrogen-bond acceptors (Lipinski definition) is 3. The molecule has 7 heteroatoms. The number of guanidine groups is 1. The summed E-state index contributed by atoms with van der Waals surface area (Å²) < 4.78 is 19.3. The van der Waals surface area contributed by atoms with Gasteiger partial charge in [-0.3, -0.25) is 9.89 Å². The van der Waals surface area contributed by atoms with Gasteiger partial charge in [0, 0.05) is 33.2 Å². The molecular weight excluding hydrogens is 458 g/mol. The van der Waals surface area contributed by atoms with E-state index in [1.165, 1.54) is 6.07 Å². The molecule has 0 spiro atoms. The normalized spacial score (nSPS) is 16.5. The summed E-state index contributed by atoms with van der Waals surface area (Å²) in [5, 5.41) is 3.37. The summed E-state index contributed by atoms with van der Waals surface area (Å²) in [5.41, 5.74) is 0.975. The van der Waals surface area contributed by atoms with Crippen molar-refractivity contribution in [3.05, 3.63) is 35.6 Å². The highest BCUT2D eigenvalue weighted by Crippen LogP contribution is 2.23. The number of unbranched alkanes of at least 4 members (excludes halogenated alkanes) is 1. The zero-order chi connectivity index (χ0) is 18.8. The molecule has 1 aliphatic heterocycles. The van der Waals surface area contributed by atoms with Gasteiger partial charge in [-0.15, -0.1) is 24.0 Å². The van der Waals surface area contributed by atoms with Gasteiger partial charge in [0.1, 0.15) is 5.82 Å². The van der Waals surface area contributed by atoms with Gasteiger partial charge in [0.15, 0.2) is 5.96 Å². The lowest BCUT2D eigenvalue weighted by atomic mass is 10.0. The van der Waals surface area contributed by atoms with Crippen molar-refractivity contribution in [1.82, 2.24) is 15.1 Å². The van der Waals surface area contributed by atoms with E-state index in [2.05, 4.69) is 36.0 Å². The lowest BCUT2D eigenvalue weighted by Gasteiger charge is -2.34. The lowest BCUT2D eigenvalue weighted by Crippen LogP contribution is -2.42. The van der Waals surface area contributed by atoms with Crippen molar-refractivity contribution in [1.29, 1.82) is 0 Å². The van der Waals surface area contributed by atoms with Gasteiger partial charge in [-0.05, 0) is 31.0 Å². The van der Waals surface area contributed by atoms with Gasteiger partial charge in [-0.25, -0.2) is 4.39 Å². The van der Waals surface area contributed by atoms with Crippen LogP contribution < -0.4 is 5.32 Å². The lowest BCUT2D eigenvalue weighted by molar-refractivity contribution is 0.0179. The average molecular weight is 492 g/mol. The third kappa shape index (κ3) is 7.91. The fourth-order valence-electron chi connectivity index (χ4n) is 3.18. The zero-order valence-electron chi connectivity index (χ0n) is 16.8. The van der Waals surface area contributed by atoms with Crippen molar-refractivity contribution < 1.29 is 9.13 Å². The highest BCUT2D eigenvalue weighted by atomic mass is 127. The van der Waals surface area contributed by atoms with E-state index in [0.29, 0.717) is 19.8 Å². The van der Waals surface area contributed by atoms with E-state index >= 15 is 0 Å². The molecule has 1 aromatic carbocycles. The molecule has 1 heterocycles. The number of ether oxygens (including phenoxy) is 1. The number of nitrogens with one attached hydrogen (secondary N) is 1. The number of hydrogen-bond donors (Lipinski definition) is 1. The molecule has 1 aromatic rings. The molecule has 0 aliphatic carbocycles. The van der Waals surface area contributed by atoms with Crippen LogP contribution in [0.5, 0.6) is 0 Å². The zero-order valence-corrected chi connectivity index (χ0v) is 19.1. The first-order valence-electron chi connectivity index (χ1n) is 9.72. The molecule has 1 unspecified atom stereocenters. The SMILES string of the molecule is CCCCN(C)C(=NCC(c1cccc(F)c1)N1CCOCC1)NCC.I. The van der Waals surface area contributed by atoms with E-state index in [9.17, 15) is 4.39 Å². The summed E-state index contributed by atoms with van der Waals surface area (Å²) in [7, 11) is 2.07. The van der Waals surface area contributed by atoms with Crippen molar-refractivity contribution in [3.8, 4) is 0 Å². The smallest absolute Gasteiger partial charge is 0.193 e. The molecule has 1 N–H and O–H groups in total. The third-order valence-electron chi connectivity index (χ3n) is 4.68. The van der Waals surface area contributed by atoms with Crippen LogP contribution in [0.1, 0.15) is 38.3 Å².